The van der Waals surface area contributed by atoms with Crippen LogP contribution in [0.25, 0.3) is 0 Å². The number of carbonyl (C=O) groups excluding carboxylic acids is 1. The number of para-hydroxylation sites is 1. The van der Waals surface area contributed by atoms with Crippen molar-refractivity contribution in [3.05, 3.63) is 99.7 Å². The van der Waals surface area contributed by atoms with Crippen molar-refractivity contribution < 1.29 is 9.18 Å². The molecule has 3 rings (SSSR count). The largest absolute Gasteiger partial charge is 0.310 e. The van der Waals surface area contributed by atoms with Crippen LogP contribution in [0.4, 0.5) is 10.1 Å². The van der Waals surface area contributed by atoms with E-state index in [1.165, 1.54) is 22.8 Å². The maximum absolute atomic E-state index is 13.1. The molecule has 0 saturated carbocycles. The summed E-state index contributed by atoms with van der Waals surface area (Å²) in [5, 5.41) is 0. The third kappa shape index (κ3) is 4.14. The maximum Gasteiger partial charge on any atom is 0.259 e. The molecule has 27 heavy (non-hydrogen) atoms. The number of amides is 1. The number of halogens is 1. The fourth-order valence-electron chi connectivity index (χ4n) is 3.01. The van der Waals surface area contributed by atoms with Crippen LogP contribution in [0.15, 0.2) is 71.7 Å². The Labute approximate surface area is 157 Å². The van der Waals surface area contributed by atoms with Crippen molar-refractivity contribution in [2.75, 3.05) is 11.4 Å². The van der Waals surface area contributed by atoms with Gasteiger partial charge in [-0.1, -0.05) is 30.3 Å². The van der Waals surface area contributed by atoms with Gasteiger partial charge in [0.25, 0.3) is 11.5 Å². The molecular formula is C22H21FN2O2. The molecule has 1 aromatic heterocycles. The number of pyridine rings is 1. The Bertz CT molecular complexity index is 1010. The highest BCUT2D eigenvalue weighted by atomic mass is 19.1. The molecule has 0 aliphatic rings. The van der Waals surface area contributed by atoms with E-state index in [0.717, 1.165) is 16.8 Å². The second kappa shape index (κ2) is 7.99. The lowest BCUT2D eigenvalue weighted by molar-refractivity contribution is 0.0987. The van der Waals surface area contributed by atoms with E-state index in [1.807, 2.05) is 38.1 Å². The monoisotopic (exact) mass is 364 g/mol. The third-order valence-electron chi connectivity index (χ3n) is 4.46. The first kappa shape index (κ1) is 18.6. The van der Waals surface area contributed by atoms with E-state index in [2.05, 4.69) is 0 Å². The first-order chi connectivity index (χ1) is 13.0. The number of anilines is 1. The normalized spacial score (nSPS) is 10.6. The summed E-state index contributed by atoms with van der Waals surface area (Å²) in [6.07, 6.45) is 1.56. The Hall–Kier alpha value is -3.21. The number of benzene rings is 2. The molecule has 0 aliphatic heterocycles. The van der Waals surface area contributed by atoms with Crippen LogP contribution in [0, 0.1) is 12.7 Å². The fraction of sp³-hybridized carbons (Fsp3) is 0.182. The Morgan fingerprint density at radius 1 is 1.04 bits per heavy atom. The minimum atomic E-state index is -0.327. The summed E-state index contributed by atoms with van der Waals surface area (Å²) in [7, 11) is 0. The summed E-state index contributed by atoms with van der Waals surface area (Å²) in [5.74, 6) is -0.494. The van der Waals surface area contributed by atoms with Crippen molar-refractivity contribution >= 4 is 11.6 Å². The number of hydrogen-bond acceptors (Lipinski definition) is 2. The summed E-state index contributed by atoms with van der Waals surface area (Å²) in [6, 6.07) is 16.6. The van der Waals surface area contributed by atoms with Crippen LogP contribution < -0.4 is 10.5 Å². The Morgan fingerprint density at radius 2 is 1.74 bits per heavy atom. The predicted octanol–water partition coefficient (Wildman–Crippen LogP) is 4.01. The third-order valence-corrected chi connectivity index (χ3v) is 4.46. The summed E-state index contributed by atoms with van der Waals surface area (Å²) < 4.78 is 14.5. The Balaban J connectivity index is 1.92. The highest BCUT2D eigenvalue weighted by Crippen LogP contribution is 2.21. The molecule has 0 spiro atoms. The fourth-order valence-corrected chi connectivity index (χ4v) is 3.01. The second-order valence-electron chi connectivity index (χ2n) is 6.35. The van der Waals surface area contributed by atoms with Crippen molar-refractivity contribution in [3.8, 4) is 0 Å². The number of rotatable bonds is 5. The molecule has 1 heterocycles. The standard InChI is InChI=1S/C22H21FN2O2/c1-3-25(20-7-5-4-6-16(20)2)22(27)18-10-13-21(26)24(15-18)14-17-8-11-19(23)12-9-17/h4-13,15H,3,14H2,1-2H3. The molecule has 0 bridgehead atoms. The zero-order valence-corrected chi connectivity index (χ0v) is 15.4. The zero-order chi connectivity index (χ0) is 19.4. The Morgan fingerprint density at radius 3 is 2.41 bits per heavy atom. The lowest BCUT2D eigenvalue weighted by atomic mass is 10.1. The van der Waals surface area contributed by atoms with Gasteiger partial charge in [0.15, 0.2) is 0 Å². The predicted molar refractivity (Wildman–Crippen MR) is 105 cm³/mol. The lowest BCUT2D eigenvalue weighted by Gasteiger charge is -2.23. The molecule has 5 heteroatoms. The number of hydrogen-bond donors (Lipinski definition) is 0. The molecule has 0 radical (unpaired) electrons. The highest BCUT2D eigenvalue weighted by molar-refractivity contribution is 6.06. The van der Waals surface area contributed by atoms with Crippen molar-refractivity contribution in [1.82, 2.24) is 4.57 Å². The molecule has 0 unspecified atom stereocenters. The first-order valence-corrected chi connectivity index (χ1v) is 8.82. The summed E-state index contributed by atoms with van der Waals surface area (Å²) >= 11 is 0. The van der Waals surface area contributed by atoms with Gasteiger partial charge in [0.05, 0.1) is 12.1 Å². The molecule has 0 saturated heterocycles. The van der Waals surface area contributed by atoms with Crippen molar-refractivity contribution in [1.29, 1.82) is 0 Å². The van der Waals surface area contributed by atoms with Crippen LogP contribution in [-0.2, 0) is 6.54 Å². The van der Waals surface area contributed by atoms with Crippen LogP contribution in [0.5, 0.6) is 0 Å². The van der Waals surface area contributed by atoms with Gasteiger partial charge < -0.3 is 9.47 Å². The minimum Gasteiger partial charge on any atom is -0.310 e. The van der Waals surface area contributed by atoms with Gasteiger partial charge in [-0.3, -0.25) is 9.59 Å². The number of aryl methyl sites for hydroxylation is 1. The zero-order valence-electron chi connectivity index (χ0n) is 15.4. The van der Waals surface area contributed by atoms with Crippen LogP contribution in [0.2, 0.25) is 0 Å². The van der Waals surface area contributed by atoms with E-state index in [1.54, 1.807) is 29.3 Å². The van der Waals surface area contributed by atoms with Gasteiger partial charge in [-0.25, -0.2) is 4.39 Å². The molecule has 0 atom stereocenters. The number of aromatic nitrogens is 1. The quantitative estimate of drug-likeness (QED) is 0.686. The van der Waals surface area contributed by atoms with E-state index in [-0.39, 0.29) is 23.8 Å². The van der Waals surface area contributed by atoms with Gasteiger partial charge in [0.1, 0.15) is 5.82 Å². The van der Waals surface area contributed by atoms with E-state index in [0.29, 0.717) is 12.1 Å². The molecule has 0 aliphatic carbocycles. The molecule has 4 nitrogen and oxygen atoms in total. The number of carbonyl (C=O) groups is 1. The molecule has 2 aromatic carbocycles. The van der Waals surface area contributed by atoms with Gasteiger partial charge in [0.2, 0.25) is 0 Å². The molecule has 138 valence electrons. The molecular weight excluding hydrogens is 343 g/mol. The first-order valence-electron chi connectivity index (χ1n) is 8.82. The van der Waals surface area contributed by atoms with E-state index in [4.69, 9.17) is 0 Å². The van der Waals surface area contributed by atoms with Gasteiger partial charge in [-0.2, -0.15) is 0 Å². The topological polar surface area (TPSA) is 42.3 Å². The smallest absolute Gasteiger partial charge is 0.259 e. The average Bonchev–Trinajstić information content (AvgIpc) is 2.67. The lowest BCUT2D eigenvalue weighted by Crippen LogP contribution is -2.32. The maximum atomic E-state index is 13.1. The summed E-state index contributed by atoms with van der Waals surface area (Å²) in [6.45, 7) is 4.66. The minimum absolute atomic E-state index is 0.167. The van der Waals surface area contributed by atoms with E-state index in [9.17, 15) is 14.0 Å². The van der Waals surface area contributed by atoms with Crippen molar-refractivity contribution in [3.63, 3.8) is 0 Å². The van der Waals surface area contributed by atoms with Crippen LogP contribution in [0.1, 0.15) is 28.4 Å². The molecule has 0 N–H and O–H groups in total. The van der Waals surface area contributed by atoms with Crippen LogP contribution in [-0.4, -0.2) is 17.0 Å². The van der Waals surface area contributed by atoms with E-state index < -0.39 is 0 Å². The SMILES string of the molecule is CCN(C(=O)c1ccc(=O)n(Cc2ccc(F)cc2)c1)c1ccccc1C. The van der Waals surface area contributed by atoms with Gasteiger partial charge in [-0.15, -0.1) is 0 Å². The Kier molecular flexibility index (Phi) is 5.50. The summed E-state index contributed by atoms with van der Waals surface area (Å²) in [5.41, 5.74) is 2.86. The number of nitrogens with zero attached hydrogens (tertiary/aromatic N) is 2. The second-order valence-corrected chi connectivity index (χ2v) is 6.35. The average molecular weight is 364 g/mol. The van der Waals surface area contributed by atoms with Gasteiger partial charge in [0, 0.05) is 24.5 Å². The van der Waals surface area contributed by atoms with Gasteiger partial charge >= 0.3 is 0 Å². The van der Waals surface area contributed by atoms with E-state index >= 15 is 0 Å². The van der Waals surface area contributed by atoms with Gasteiger partial charge in [-0.05, 0) is 49.2 Å². The van der Waals surface area contributed by atoms with Crippen molar-refractivity contribution in [2.45, 2.75) is 20.4 Å². The summed E-state index contributed by atoms with van der Waals surface area (Å²) in [4.78, 5) is 26.9. The van der Waals surface area contributed by atoms with Crippen LogP contribution in [0.3, 0.4) is 0 Å². The van der Waals surface area contributed by atoms with Crippen molar-refractivity contribution in [2.24, 2.45) is 0 Å². The highest BCUT2D eigenvalue weighted by Gasteiger charge is 2.18. The molecule has 3 aromatic rings. The molecule has 0 fully saturated rings. The van der Waals surface area contributed by atoms with Crippen LogP contribution >= 0.6 is 0 Å². The molecule has 1 amide bonds.